The maximum Gasteiger partial charge on any atom is 0.303 e. The van der Waals surface area contributed by atoms with Crippen molar-refractivity contribution in [2.24, 2.45) is 0 Å². The molecule has 0 heterocycles. The van der Waals surface area contributed by atoms with E-state index in [1.54, 1.807) is 0 Å². The molecule has 0 aromatic heterocycles. The van der Waals surface area contributed by atoms with Gasteiger partial charge >= 0.3 is 11.9 Å². The molecular formula is C22H18O4. The number of hydrogen-bond acceptors (Lipinski definition) is 4. The molecule has 2 atom stereocenters. The summed E-state index contributed by atoms with van der Waals surface area (Å²) in [4.78, 5) is 23.5. The van der Waals surface area contributed by atoms with Crippen LogP contribution in [0.4, 0.5) is 0 Å². The number of carbonyl (C=O) groups excluding carboxylic acids is 2. The van der Waals surface area contributed by atoms with Crippen molar-refractivity contribution in [3.8, 4) is 11.1 Å². The molecule has 3 aromatic carbocycles. The van der Waals surface area contributed by atoms with Crippen LogP contribution in [-0.4, -0.2) is 11.9 Å². The molecule has 4 heteroatoms. The number of fused-ring (bicyclic) bond motifs is 5. The summed E-state index contributed by atoms with van der Waals surface area (Å²) in [5, 5.41) is 2.18. The fourth-order valence-corrected chi connectivity index (χ4v) is 3.73. The average Bonchev–Trinajstić information content (AvgIpc) is 2.63. The molecule has 4 nitrogen and oxygen atoms in total. The third-order valence-electron chi connectivity index (χ3n) is 4.67. The average molecular weight is 346 g/mol. The summed E-state index contributed by atoms with van der Waals surface area (Å²) in [6.07, 6.45) is -1.34. The quantitative estimate of drug-likeness (QED) is 0.630. The first kappa shape index (κ1) is 16.3. The van der Waals surface area contributed by atoms with Crippen molar-refractivity contribution >= 4 is 22.7 Å². The maximum absolute atomic E-state index is 11.8. The summed E-state index contributed by atoms with van der Waals surface area (Å²) in [7, 11) is 0. The summed E-state index contributed by atoms with van der Waals surface area (Å²) in [6.45, 7) is 2.73. The van der Waals surface area contributed by atoms with Gasteiger partial charge in [-0.25, -0.2) is 0 Å². The fourth-order valence-electron chi connectivity index (χ4n) is 3.73. The van der Waals surface area contributed by atoms with Gasteiger partial charge in [0.1, 0.15) is 0 Å². The molecule has 0 unspecified atom stereocenters. The van der Waals surface area contributed by atoms with E-state index in [1.807, 2.05) is 48.5 Å². The molecule has 1 aliphatic carbocycles. The van der Waals surface area contributed by atoms with Crippen LogP contribution in [0.1, 0.15) is 37.2 Å². The van der Waals surface area contributed by atoms with E-state index in [2.05, 4.69) is 12.1 Å². The summed E-state index contributed by atoms with van der Waals surface area (Å²) in [5.74, 6) is -0.822. The minimum Gasteiger partial charge on any atom is -0.453 e. The lowest BCUT2D eigenvalue weighted by Gasteiger charge is -2.34. The molecule has 0 saturated carbocycles. The Balaban J connectivity index is 2.03. The Morgan fingerprint density at radius 2 is 1.35 bits per heavy atom. The molecular weight excluding hydrogens is 328 g/mol. The second-order valence-corrected chi connectivity index (χ2v) is 6.40. The third kappa shape index (κ3) is 2.64. The Morgan fingerprint density at radius 3 is 2.08 bits per heavy atom. The van der Waals surface area contributed by atoms with Crippen LogP contribution in [0, 0.1) is 0 Å². The van der Waals surface area contributed by atoms with Gasteiger partial charge in [0.25, 0.3) is 0 Å². The van der Waals surface area contributed by atoms with Crippen molar-refractivity contribution < 1.29 is 19.1 Å². The Hall–Kier alpha value is -3.14. The summed E-state index contributed by atoms with van der Waals surface area (Å²) >= 11 is 0. The highest BCUT2D eigenvalue weighted by molar-refractivity contribution is 6.00. The van der Waals surface area contributed by atoms with Crippen LogP contribution >= 0.6 is 0 Å². The summed E-state index contributed by atoms with van der Waals surface area (Å²) in [6, 6.07) is 19.8. The number of esters is 2. The van der Waals surface area contributed by atoms with Gasteiger partial charge in [0.15, 0.2) is 12.2 Å². The Morgan fingerprint density at radius 1 is 0.731 bits per heavy atom. The van der Waals surface area contributed by atoms with E-state index < -0.39 is 24.1 Å². The van der Waals surface area contributed by atoms with E-state index in [1.165, 1.54) is 13.8 Å². The predicted octanol–water partition coefficient (Wildman–Crippen LogP) is 4.73. The van der Waals surface area contributed by atoms with Gasteiger partial charge < -0.3 is 9.47 Å². The van der Waals surface area contributed by atoms with E-state index in [9.17, 15) is 9.59 Å². The van der Waals surface area contributed by atoms with Crippen molar-refractivity contribution in [1.29, 1.82) is 0 Å². The zero-order valence-corrected chi connectivity index (χ0v) is 14.6. The van der Waals surface area contributed by atoms with Gasteiger partial charge in [0.05, 0.1) is 0 Å². The van der Waals surface area contributed by atoms with Crippen LogP contribution in [0.5, 0.6) is 0 Å². The molecule has 130 valence electrons. The minimum atomic E-state index is -0.675. The first-order valence-corrected chi connectivity index (χ1v) is 8.51. The molecule has 0 N–H and O–H groups in total. The Bertz CT molecular complexity index is 1020. The number of hydrogen-bond donors (Lipinski definition) is 0. The maximum atomic E-state index is 11.8. The number of rotatable bonds is 2. The van der Waals surface area contributed by atoms with Crippen molar-refractivity contribution in [3.05, 3.63) is 71.8 Å². The fraction of sp³-hybridized carbons (Fsp3) is 0.182. The summed E-state index contributed by atoms with van der Waals surface area (Å²) < 4.78 is 11.2. The third-order valence-corrected chi connectivity index (χ3v) is 4.67. The highest BCUT2D eigenvalue weighted by atomic mass is 16.6. The first-order valence-electron chi connectivity index (χ1n) is 8.51. The van der Waals surface area contributed by atoms with Gasteiger partial charge in [0.2, 0.25) is 0 Å². The zero-order valence-electron chi connectivity index (χ0n) is 14.6. The molecule has 0 radical (unpaired) electrons. The van der Waals surface area contributed by atoms with Gasteiger partial charge in [-0.05, 0) is 21.9 Å². The lowest BCUT2D eigenvalue weighted by atomic mass is 9.79. The first-order chi connectivity index (χ1) is 12.6. The van der Waals surface area contributed by atoms with Crippen LogP contribution in [0.15, 0.2) is 60.7 Å². The van der Waals surface area contributed by atoms with Crippen LogP contribution in [0.25, 0.3) is 21.9 Å². The van der Waals surface area contributed by atoms with Crippen molar-refractivity contribution in [3.63, 3.8) is 0 Å². The van der Waals surface area contributed by atoms with Gasteiger partial charge in [-0.15, -0.1) is 0 Å². The van der Waals surface area contributed by atoms with Gasteiger partial charge in [-0.2, -0.15) is 0 Å². The molecule has 1 aliphatic rings. The van der Waals surface area contributed by atoms with Crippen LogP contribution in [0.3, 0.4) is 0 Å². The SMILES string of the molecule is CC(=O)O[C@@H]1c2ccccc2-c2c(ccc3ccccc23)[C@H]1OC(C)=O. The van der Waals surface area contributed by atoms with Crippen molar-refractivity contribution in [2.45, 2.75) is 26.1 Å². The molecule has 0 amide bonds. The highest BCUT2D eigenvalue weighted by Crippen LogP contribution is 2.50. The second-order valence-electron chi connectivity index (χ2n) is 6.40. The second kappa shape index (κ2) is 6.30. The molecule has 0 spiro atoms. The molecule has 0 aliphatic heterocycles. The van der Waals surface area contributed by atoms with Gasteiger partial charge in [-0.1, -0.05) is 60.7 Å². The molecule has 0 fully saturated rings. The summed E-state index contributed by atoms with van der Waals surface area (Å²) in [5.41, 5.74) is 3.71. The largest absolute Gasteiger partial charge is 0.453 e. The van der Waals surface area contributed by atoms with Crippen LogP contribution < -0.4 is 0 Å². The van der Waals surface area contributed by atoms with E-state index in [-0.39, 0.29) is 0 Å². The smallest absolute Gasteiger partial charge is 0.303 e. The monoisotopic (exact) mass is 346 g/mol. The van der Waals surface area contributed by atoms with Gasteiger partial charge in [0, 0.05) is 25.0 Å². The van der Waals surface area contributed by atoms with Crippen molar-refractivity contribution in [2.75, 3.05) is 0 Å². The Kier molecular flexibility index (Phi) is 3.96. The lowest BCUT2D eigenvalue weighted by molar-refractivity contribution is -0.167. The normalized spacial score (nSPS) is 17.9. The van der Waals surface area contributed by atoms with E-state index in [0.717, 1.165) is 33.0 Å². The zero-order chi connectivity index (χ0) is 18.3. The molecule has 26 heavy (non-hydrogen) atoms. The molecule has 3 aromatic rings. The highest BCUT2D eigenvalue weighted by Gasteiger charge is 2.38. The number of carbonyl (C=O) groups is 2. The van der Waals surface area contributed by atoms with E-state index in [4.69, 9.17) is 9.47 Å². The van der Waals surface area contributed by atoms with Crippen molar-refractivity contribution in [1.82, 2.24) is 0 Å². The van der Waals surface area contributed by atoms with Crippen LogP contribution in [0.2, 0.25) is 0 Å². The lowest BCUT2D eigenvalue weighted by Crippen LogP contribution is -2.25. The van der Waals surface area contributed by atoms with Gasteiger partial charge in [-0.3, -0.25) is 9.59 Å². The van der Waals surface area contributed by atoms with E-state index >= 15 is 0 Å². The molecule has 0 bridgehead atoms. The number of benzene rings is 3. The minimum absolute atomic E-state index is 0.411. The number of ether oxygens (including phenoxy) is 2. The Labute approximate surface area is 151 Å². The predicted molar refractivity (Wildman–Crippen MR) is 98.4 cm³/mol. The standard InChI is InChI=1S/C22H18O4/c1-13(23)25-21-18-10-6-5-9-17(18)20-16-8-4-3-7-15(16)11-12-19(20)22(21)26-14(2)24/h3-12,21-22H,1-2H3/t21-,22-/m1/s1. The van der Waals surface area contributed by atoms with E-state index in [0.29, 0.717) is 0 Å². The van der Waals surface area contributed by atoms with Crippen LogP contribution in [-0.2, 0) is 19.1 Å². The molecule has 0 saturated heterocycles. The topological polar surface area (TPSA) is 52.6 Å². The molecule has 4 rings (SSSR count).